The highest BCUT2D eigenvalue weighted by molar-refractivity contribution is 9.10. The molecule has 1 aliphatic heterocycles. The van der Waals surface area contributed by atoms with Gasteiger partial charge in [0.05, 0.1) is 12.3 Å². The number of carboxylic acids is 1. The van der Waals surface area contributed by atoms with E-state index >= 15 is 0 Å². The molecule has 4 saturated carbocycles. The summed E-state index contributed by atoms with van der Waals surface area (Å²) in [5, 5.41) is 16.8. The molecule has 0 aromatic heterocycles. The van der Waals surface area contributed by atoms with E-state index in [1.54, 1.807) is 0 Å². The number of halogens is 1. The van der Waals surface area contributed by atoms with Gasteiger partial charge in [-0.1, -0.05) is 28.1 Å². The number of carbonyl (C=O) groups excluding carboxylic acids is 1. The van der Waals surface area contributed by atoms with Gasteiger partial charge < -0.3 is 15.7 Å². The summed E-state index contributed by atoms with van der Waals surface area (Å²) in [7, 11) is 0. The van der Waals surface area contributed by atoms with E-state index in [-0.39, 0.29) is 35.6 Å². The number of hydrogen-bond donors (Lipinski definition) is 3. The zero-order valence-electron chi connectivity index (χ0n) is 18.5. The van der Waals surface area contributed by atoms with Crippen LogP contribution in [0.2, 0.25) is 0 Å². The van der Waals surface area contributed by atoms with Gasteiger partial charge in [0, 0.05) is 21.8 Å². The second-order valence-corrected chi connectivity index (χ2v) is 12.1. The predicted octanol–water partition coefficient (Wildman–Crippen LogP) is 4.20. The van der Waals surface area contributed by atoms with Gasteiger partial charge in [0.15, 0.2) is 0 Å². The molecule has 3 N–H and O–H groups in total. The Balaban J connectivity index is 1.36. The van der Waals surface area contributed by atoms with Crippen LogP contribution in [0.1, 0.15) is 68.4 Å². The minimum absolute atomic E-state index is 0.0123. The van der Waals surface area contributed by atoms with E-state index in [2.05, 4.69) is 38.7 Å². The van der Waals surface area contributed by atoms with Crippen molar-refractivity contribution in [2.24, 2.45) is 29.6 Å². The Morgan fingerprint density at radius 2 is 1.72 bits per heavy atom. The minimum atomic E-state index is -0.820. The third-order valence-corrected chi connectivity index (χ3v) is 10.3. The Bertz CT molecular complexity index is 913. The van der Waals surface area contributed by atoms with Gasteiger partial charge >= 0.3 is 5.97 Å². The smallest absolute Gasteiger partial charge is 0.303 e. The molecule has 5 aliphatic carbocycles. The minimum Gasteiger partial charge on any atom is -0.481 e. The van der Waals surface area contributed by atoms with Gasteiger partial charge in [0.25, 0.3) is 0 Å². The van der Waals surface area contributed by atoms with Crippen molar-refractivity contribution in [2.75, 3.05) is 13.1 Å². The van der Waals surface area contributed by atoms with Gasteiger partial charge in [-0.25, -0.2) is 0 Å². The van der Waals surface area contributed by atoms with Crippen LogP contribution in [0, 0.1) is 29.6 Å². The van der Waals surface area contributed by atoms with E-state index in [9.17, 15) is 14.7 Å². The summed E-state index contributed by atoms with van der Waals surface area (Å²) in [4.78, 5) is 26.1. The van der Waals surface area contributed by atoms with Crippen molar-refractivity contribution in [1.82, 2.24) is 10.6 Å². The van der Waals surface area contributed by atoms with Gasteiger partial charge in [0.1, 0.15) is 0 Å². The standard InChI is InChI=1S/C26H33BrN2O3/c27-20-3-1-2-18-19(13-21(30)31)23(26(22(18)20)4-6-28-7-5-26)25(32)29-24-16-9-14-8-15(11-16)12-17(24)10-14/h1-3,14-17,19,23-24,28H,4-13H2,(H,29,32)(H,30,31). The number of rotatable bonds is 4. The summed E-state index contributed by atoms with van der Waals surface area (Å²) in [5.41, 5.74) is 1.96. The molecular formula is C26H33BrN2O3. The van der Waals surface area contributed by atoms with E-state index in [4.69, 9.17) is 0 Å². The summed E-state index contributed by atoms with van der Waals surface area (Å²) in [5.74, 6) is 1.68. The van der Waals surface area contributed by atoms with Crippen LogP contribution in [-0.2, 0) is 15.0 Å². The van der Waals surface area contributed by atoms with Crippen LogP contribution in [-0.4, -0.2) is 36.1 Å². The fourth-order valence-corrected chi connectivity index (χ4v) is 9.57. The fraction of sp³-hybridized carbons (Fsp3) is 0.692. The molecule has 4 bridgehead atoms. The van der Waals surface area contributed by atoms with Crippen LogP contribution in [0.25, 0.3) is 0 Å². The van der Waals surface area contributed by atoms with E-state index in [0.717, 1.165) is 47.8 Å². The van der Waals surface area contributed by atoms with Crippen LogP contribution in [0.5, 0.6) is 0 Å². The molecule has 2 atom stereocenters. The van der Waals surface area contributed by atoms with Crippen LogP contribution in [0.15, 0.2) is 22.7 Å². The van der Waals surface area contributed by atoms with Crippen LogP contribution >= 0.6 is 15.9 Å². The van der Waals surface area contributed by atoms with Crippen molar-refractivity contribution in [3.8, 4) is 0 Å². The van der Waals surface area contributed by atoms with Gasteiger partial charge in [-0.2, -0.15) is 0 Å². The molecule has 2 unspecified atom stereocenters. The molecule has 6 heteroatoms. The maximum Gasteiger partial charge on any atom is 0.303 e. The van der Waals surface area contributed by atoms with E-state index in [1.807, 2.05) is 6.07 Å². The number of benzene rings is 1. The van der Waals surface area contributed by atoms with Crippen molar-refractivity contribution in [3.05, 3.63) is 33.8 Å². The first-order chi connectivity index (χ1) is 15.5. The lowest BCUT2D eigenvalue weighted by Gasteiger charge is -2.55. The van der Waals surface area contributed by atoms with Gasteiger partial charge in [-0.05, 0) is 98.9 Å². The largest absolute Gasteiger partial charge is 0.481 e. The molecular weight excluding hydrogens is 468 g/mol. The molecule has 7 rings (SSSR count). The molecule has 1 saturated heterocycles. The first-order valence-corrected chi connectivity index (χ1v) is 13.3. The number of nitrogens with one attached hydrogen (secondary N) is 2. The number of amides is 1. The monoisotopic (exact) mass is 500 g/mol. The molecule has 32 heavy (non-hydrogen) atoms. The molecule has 1 heterocycles. The molecule has 6 aliphatic rings. The summed E-state index contributed by atoms with van der Waals surface area (Å²) >= 11 is 3.78. The lowest BCUT2D eigenvalue weighted by molar-refractivity contribution is -0.139. The number of aliphatic carboxylic acids is 1. The molecule has 1 amide bonds. The average molecular weight is 501 g/mol. The number of carboxylic acid groups (broad SMARTS) is 1. The molecule has 5 fully saturated rings. The topological polar surface area (TPSA) is 78.4 Å². The van der Waals surface area contributed by atoms with E-state index in [1.165, 1.54) is 37.7 Å². The van der Waals surface area contributed by atoms with Crippen molar-refractivity contribution >= 4 is 27.8 Å². The van der Waals surface area contributed by atoms with Gasteiger partial charge in [-0.3, -0.25) is 9.59 Å². The van der Waals surface area contributed by atoms with E-state index in [0.29, 0.717) is 11.8 Å². The molecule has 1 aromatic rings. The SMILES string of the molecule is O=C(O)CC1c2cccc(Br)c2C2(CCNCC2)C1C(=O)NC1C2CC3CC(C2)CC1C3. The molecule has 172 valence electrons. The normalized spacial score (nSPS) is 38.6. The second kappa shape index (κ2) is 7.83. The number of fused-ring (bicyclic) bond motifs is 2. The first-order valence-electron chi connectivity index (χ1n) is 12.5. The fourth-order valence-electron chi connectivity index (χ4n) is 8.79. The quantitative estimate of drug-likeness (QED) is 0.578. The lowest BCUT2D eigenvalue weighted by Crippen LogP contribution is -2.58. The summed E-state index contributed by atoms with van der Waals surface area (Å²) in [6.07, 6.45) is 8.22. The lowest BCUT2D eigenvalue weighted by atomic mass is 9.54. The molecule has 1 aromatic carbocycles. The third kappa shape index (κ3) is 3.19. The maximum absolute atomic E-state index is 14.1. The highest BCUT2D eigenvalue weighted by Crippen LogP contribution is 2.59. The second-order valence-electron chi connectivity index (χ2n) is 11.3. The van der Waals surface area contributed by atoms with Crippen LogP contribution < -0.4 is 10.6 Å². The number of hydrogen-bond acceptors (Lipinski definition) is 3. The van der Waals surface area contributed by atoms with E-state index < -0.39 is 5.97 Å². The molecule has 1 spiro atoms. The number of carbonyl (C=O) groups is 2. The van der Waals surface area contributed by atoms with Gasteiger partial charge in [0.2, 0.25) is 5.91 Å². The highest BCUT2D eigenvalue weighted by Gasteiger charge is 2.57. The van der Waals surface area contributed by atoms with Crippen LogP contribution in [0.3, 0.4) is 0 Å². The summed E-state index contributed by atoms with van der Waals surface area (Å²) in [6.45, 7) is 1.73. The first kappa shape index (κ1) is 21.2. The Hall–Kier alpha value is -1.40. The van der Waals surface area contributed by atoms with Crippen LogP contribution in [0.4, 0.5) is 0 Å². The Kier molecular flexibility index (Phi) is 5.18. The zero-order chi connectivity index (χ0) is 22.0. The van der Waals surface area contributed by atoms with Crippen molar-refractivity contribution in [3.63, 3.8) is 0 Å². The Labute approximate surface area is 198 Å². The Morgan fingerprint density at radius 3 is 2.34 bits per heavy atom. The van der Waals surface area contributed by atoms with Crippen molar-refractivity contribution in [1.29, 1.82) is 0 Å². The average Bonchev–Trinajstić information content (AvgIpc) is 3.00. The highest BCUT2D eigenvalue weighted by atomic mass is 79.9. The predicted molar refractivity (Wildman–Crippen MR) is 125 cm³/mol. The zero-order valence-corrected chi connectivity index (χ0v) is 20.1. The van der Waals surface area contributed by atoms with Crippen molar-refractivity contribution < 1.29 is 14.7 Å². The molecule has 0 radical (unpaired) electrons. The molecule has 5 nitrogen and oxygen atoms in total. The summed E-state index contributed by atoms with van der Waals surface area (Å²) in [6, 6.07) is 6.39. The third-order valence-electron chi connectivity index (χ3n) is 9.65. The maximum atomic E-state index is 14.1. The Morgan fingerprint density at radius 1 is 1.06 bits per heavy atom. The van der Waals surface area contributed by atoms with Gasteiger partial charge in [-0.15, -0.1) is 0 Å². The summed E-state index contributed by atoms with van der Waals surface area (Å²) < 4.78 is 1.03. The number of piperidine rings is 1. The van der Waals surface area contributed by atoms with Crippen molar-refractivity contribution in [2.45, 2.75) is 68.7 Å².